The summed E-state index contributed by atoms with van der Waals surface area (Å²) >= 11 is 3.38. The van der Waals surface area contributed by atoms with E-state index in [4.69, 9.17) is 0 Å². The Labute approximate surface area is 108 Å². The molecule has 2 rings (SSSR count). The van der Waals surface area contributed by atoms with Gasteiger partial charge in [-0.2, -0.15) is 0 Å². The second-order valence-electron chi connectivity index (χ2n) is 3.99. The predicted molar refractivity (Wildman–Crippen MR) is 69.3 cm³/mol. The van der Waals surface area contributed by atoms with Crippen molar-refractivity contribution in [3.05, 3.63) is 69.4 Å². The van der Waals surface area contributed by atoms with Crippen molar-refractivity contribution in [1.82, 2.24) is 0 Å². The molecule has 0 radical (unpaired) electrons. The number of aliphatic hydroxyl groups is 1. The van der Waals surface area contributed by atoms with Crippen LogP contribution in [-0.4, -0.2) is 5.11 Å². The summed E-state index contributed by atoms with van der Waals surface area (Å²) in [6.07, 6.45) is -0.819. The molecule has 0 fully saturated rings. The summed E-state index contributed by atoms with van der Waals surface area (Å²) in [6.45, 7) is 1.80. The van der Waals surface area contributed by atoms with E-state index in [1.165, 1.54) is 12.1 Å². The van der Waals surface area contributed by atoms with E-state index in [2.05, 4.69) is 15.9 Å². The minimum absolute atomic E-state index is 0.328. The largest absolute Gasteiger partial charge is 0.384 e. The molecule has 3 heteroatoms. The van der Waals surface area contributed by atoms with E-state index < -0.39 is 6.10 Å². The molecule has 0 bridgehead atoms. The van der Waals surface area contributed by atoms with Crippen molar-refractivity contribution < 1.29 is 9.50 Å². The first-order valence-electron chi connectivity index (χ1n) is 5.27. The van der Waals surface area contributed by atoms with Crippen LogP contribution in [0.3, 0.4) is 0 Å². The standard InChI is InChI=1S/C14H12BrFO/c1-9-6-10(8-11(16)7-9)14(17)12-4-2-3-5-13(12)15/h2-8,14,17H,1H3. The van der Waals surface area contributed by atoms with E-state index in [0.29, 0.717) is 5.56 Å². The minimum atomic E-state index is -0.819. The maximum atomic E-state index is 13.3. The van der Waals surface area contributed by atoms with Gasteiger partial charge in [-0.25, -0.2) is 4.39 Å². The molecule has 0 saturated carbocycles. The van der Waals surface area contributed by atoms with Crippen LogP contribution in [0.4, 0.5) is 4.39 Å². The average Bonchev–Trinajstić information content (AvgIpc) is 2.27. The van der Waals surface area contributed by atoms with Gasteiger partial charge in [0.05, 0.1) is 0 Å². The highest BCUT2D eigenvalue weighted by molar-refractivity contribution is 9.10. The molecule has 88 valence electrons. The Morgan fingerprint density at radius 1 is 1.18 bits per heavy atom. The van der Waals surface area contributed by atoms with Gasteiger partial charge in [0.25, 0.3) is 0 Å². The summed E-state index contributed by atoms with van der Waals surface area (Å²) in [5.41, 5.74) is 2.10. The van der Waals surface area contributed by atoms with Crippen LogP contribution in [0.25, 0.3) is 0 Å². The van der Waals surface area contributed by atoms with Gasteiger partial charge in [0, 0.05) is 4.47 Å². The van der Waals surface area contributed by atoms with Crippen LogP contribution in [0.15, 0.2) is 46.9 Å². The SMILES string of the molecule is Cc1cc(F)cc(C(O)c2ccccc2Br)c1. The topological polar surface area (TPSA) is 20.2 Å². The number of hydrogen-bond donors (Lipinski definition) is 1. The first-order chi connectivity index (χ1) is 8.08. The molecule has 0 aromatic heterocycles. The van der Waals surface area contributed by atoms with Crippen LogP contribution in [0.1, 0.15) is 22.8 Å². The Kier molecular flexibility index (Phi) is 3.60. The van der Waals surface area contributed by atoms with Gasteiger partial charge in [-0.1, -0.05) is 40.2 Å². The Morgan fingerprint density at radius 3 is 2.53 bits per heavy atom. The highest BCUT2D eigenvalue weighted by Gasteiger charge is 2.14. The third kappa shape index (κ3) is 2.73. The summed E-state index contributed by atoms with van der Waals surface area (Å²) < 4.78 is 14.1. The molecule has 0 aliphatic rings. The molecule has 2 aromatic carbocycles. The Bertz CT molecular complexity index is 519. The Morgan fingerprint density at radius 2 is 1.88 bits per heavy atom. The van der Waals surface area contributed by atoms with Crippen molar-refractivity contribution in [1.29, 1.82) is 0 Å². The van der Waals surface area contributed by atoms with Gasteiger partial charge < -0.3 is 5.11 Å². The van der Waals surface area contributed by atoms with E-state index in [1.54, 1.807) is 13.0 Å². The molecule has 2 aromatic rings. The molecule has 0 saturated heterocycles. The fourth-order valence-electron chi connectivity index (χ4n) is 1.80. The number of halogens is 2. The lowest BCUT2D eigenvalue weighted by Gasteiger charge is -2.14. The van der Waals surface area contributed by atoms with Crippen LogP contribution in [0.2, 0.25) is 0 Å². The number of hydrogen-bond acceptors (Lipinski definition) is 1. The molecular formula is C14H12BrFO. The third-order valence-electron chi connectivity index (χ3n) is 2.58. The minimum Gasteiger partial charge on any atom is -0.384 e. The maximum Gasteiger partial charge on any atom is 0.123 e. The quantitative estimate of drug-likeness (QED) is 0.888. The van der Waals surface area contributed by atoms with E-state index in [9.17, 15) is 9.50 Å². The molecule has 1 N–H and O–H groups in total. The lowest BCUT2D eigenvalue weighted by molar-refractivity contribution is 0.219. The van der Waals surface area contributed by atoms with Gasteiger partial charge in [0.1, 0.15) is 11.9 Å². The Hall–Kier alpha value is -1.19. The molecular weight excluding hydrogens is 283 g/mol. The highest BCUT2D eigenvalue weighted by Crippen LogP contribution is 2.29. The predicted octanol–water partition coefficient (Wildman–Crippen LogP) is 3.98. The van der Waals surface area contributed by atoms with Gasteiger partial charge in [-0.15, -0.1) is 0 Å². The van der Waals surface area contributed by atoms with Gasteiger partial charge >= 0.3 is 0 Å². The molecule has 1 nitrogen and oxygen atoms in total. The second-order valence-corrected chi connectivity index (χ2v) is 4.84. The first-order valence-corrected chi connectivity index (χ1v) is 6.07. The van der Waals surface area contributed by atoms with Crippen LogP contribution < -0.4 is 0 Å². The molecule has 0 aliphatic heterocycles. The number of benzene rings is 2. The number of aryl methyl sites for hydroxylation is 1. The third-order valence-corrected chi connectivity index (χ3v) is 3.30. The fourth-order valence-corrected chi connectivity index (χ4v) is 2.30. The van der Waals surface area contributed by atoms with Crippen molar-refractivity contribution in [2.24, 2.45) is 0 Å². The molecule has 0 heterocycles. The van der Waals surface area contributed by atoms with Crippen molar-refractivity contribution in [2.75, 3.05) is 0 Å². The van der Waals surface area contributed by atoms with E-state index in [1.807, 2.05) is 24.3 Å². The zero-order chi connectivity index (χ0) is 12.4. The summed E-state index contributed by atoms with van der Waals surface area (Å²) in [5, 5.41) is 10.2. The van der Waals surface area contributed by atoms with Crippen LogP contribution in [-0.2, 0) is 0 Å². The van der Waals surface area contributed by atoms with E-state index >= 15 is 0 Å². The Balaban J connectivity index is 2.43. The lowest BCUT2D eigenvalue weighted by atomic mass is 10.00. The molecule has 0 spiro atoms. The van der Waals surface area contributed by atoms with Gasteiger partial charge in [-0.3, -0.25) is 0 Å². The van der Waals surface area contributed by atoms with Gasteiger partial charge in [-0.05, 0) is 41.8 Å². The molecule has 0 aliphatic carbocycles. The summed E-state index contributed by atoms with van der Waals surface area (Å²) in [4.78, 5) is 0. The highest BCUT2D eigenvalue weighted by atomic mass is 79.9. The molecule has 17 heavy (non-hydrogen) atoms. The molecule has 1 atom stereocenters. The zero-order valence-corrected chi connectivity index (χ0v) is 10.9. The number of aliphatic hydroxyl groups excluding tert-OH is 1. The van der Waals surface area contributed by atoms with E-state index in [-0.39, 0.29) is 5.82 Å². The van der Waals surface area contributed by atoms with Crippen LogP contribution in [0.5, 0.6) is 0 Å². The zero-order valence-electron chi connectivity index (χ0n) is 9.32. The first kappa shape index (κ1) is 12.3. The smallest absolute Gasteiger partial charge is 0.123 e. The van der Waals surface area contributed by atoms with Crippen molar-refractivity contribution >= 4 is 15.9 Å². The number of rotatable bonds is 2. The monoisotopic (exact) mass is 294 g/mol. The normalized spacial score (nSPS) is 12.5. The summed E-state index contributed by atoms with van der Waals surface area (Å²) in [7, 11) is 0. The van der Waals surface area contributed by atoms with Crippen LogP contribution in [0, 0.1) is 12.7 Å². The second kappa shape index (κ2) is 4.98. The van der Waals surface area contributed by atoms with E-state index in [0.717, 1.165) is 15.6 Å². The summed E-state index contributed by atoms with van der Waals surface area (Å²) in [6, 6.07) is 12.0. The fraction of sp³-hybridized carbons (Fsp3) is 0.143. The lowest BCUT2D eigenvalue weighted by Crippen LogP contribution is -2.01. The maximum absolute atomic E-state index is 13.3. The van der Waals surface area contributed by atoms with Crippen LogP contribution >= 0.6 is 15.9 Å². The molecule has 1 unspecified atom stereocenters. The van der Waals surface area contributed by atoms with Gasteiger partial charge in [0.15, 0.2) is 0 Å². The van der Waals surface area contributed by atoms with Crippen molar-refractivity contribution in [3.63, 3.8) is 0 Å². The molecule has 0 amide bonds. The summed E-state index contributed by atoms with van der Waals surface area (Å²) in [5.74, 6) is -0.328. The van der Waals surface area contributed by atoms with Gasteiger partial charge in [0.2, 0.25) is 0 Å². The average molecular weight is 295 g/mol. The van der Waals surface area contributed by atoms with Crippen molar-refractivity contribution in [3.8, 4) is 0 Å². The van der Waals surface area contributed by atoms with Crippen molar-refractivity contribution in [2.45, 2.75) is 13.0 Å².